The Morgan fingerprint density at radius 1 is 1.10 bits per heavy atom. The van der Waals surface area contributed by atoms with Crippen molar-refractivity contribution in [2.75, 3.05) is 25.0 Å². The second-order valence-corrected chi connectivity index (χ2v) is 7.61. The Kier molecular flexibility index (Phi) is 5.98. The van der Waals surface area contributed by atoms with E-state index in [1.807, 2.05) is 35.2 Å². The highest BCUT2D eigenvalue weighted by Crippen LogP contribution is 2.30. The molecule has 2 aliphatic heterocycles. The summed E-state index contributed by atoms with van der Waals surface area (Å²) in [5.74, 6) is 0.589. The lowest BCUT2D eigenvalue weighted by atomic mass is 9.97. The Morgan fingerprint density at radius 2 is 1.97 bits per heavy atom. The number of carbonyl (C=O) groups is 2. The smallest absolute Gasteiger partial charge is 0.319 e. The first-order chi connectivity index (χ1) is 14.2. The number of fused-ring (bicyclic) bond motifs is 2. The summed E-state index contributed by atoms with van der Waals surface area (Å²) in [6, 6.07) is 15.3. The van der Waals surface area contributed by atoms with E-state index in [0.717, 1.165) is 38.6 Å². The molecule has 1 saturated heterocycles. The maximum atomic E-state index is 13.1. The predicted octanol–water partition coefficient (Wildman–Crippen LogP) is 3.83. The topological polar surface area (TPSA) is 70.7 Å². The maximum absolute atomic E-state index is 13.1. The van der Waals surface area contributed by atoms with Crippen LogP contribution in [-0.2, 0) is 6.42 Å². The summed E-state index contributed by atoms with van der Waals surface area (Å²) >= 11 is 0. The molecule has 0 spiro atoms. The van der Waals surface area contributed by atoms with Gasteiger partial charge in [0.25, 0.3) is 5.91 Å². The van der Waals surface area contributed by atoms with E-state index < -0.39 is 0 Å². The molecular formula is C23H27N3O3. The summed E-state index contributed by atoms with van der Waals surface area (Å²) in [4.78, 5) is 27.3. The summed E-state index contributed by atoms with van der Waals surface area (Å²) < 4.78 is 5.85. The van der Waals surface area contributed by atoms with Gasteiger partial charge >= 0.3 is 6.03 Å². The highest BCUT2D eigenvalue weighted by Gasteiger charge is 2.31. The number of amides is 3. The van der Waals surface area contributed by atoms with Gasteiger partial charge in [-0.05, 0) is 49.4 Å². The Morgan fingerprint density at radius 3 is 2.83 bits per heavy atom. The molecule has 152 valence electrons. The van der Waals surface area contributed by atoms with Gasteiger partial charge in [0, 0.05) is 31.2 Å². The number of nitrogens with zero attached hydrogens (tertiary/aromatic N) is 1. The Bertz CT molecular complexity index is 869. The van der Waals surface area contributed by atoms with Crippen LogP contribution in [0.5, 0.6) is 5.75 Å². The van der Waals surface area contributed by atoms with Gasteiger partial charge in [0.15, 0.2) is 0 Å². The van der Waals surface area contributed by atoms with Crippen LogP contribution in [-0.4, -0.2) is 42.6 Å². The van der Waals surface area contributed by atoms with Gasteiger partial charge in [-0.25, -0.2) is 4.79 Å². The summed E-state index contributed by atoms with van der Waals surface area (Å²) in [5.41, 5.74) is 2.29. The van der Waals surface area contributed by atoms with Gasteiger partial charge in [-0.3, -0.25) is 4.79 Å². The highest BCUT2D eigenvalue weighted by atomic mass is 16.5. The van der Waals surface area contributed by atoms with Crippen LogP contribution in [0.4, 0.5) is 10.5 Å². The average Bonchev–Trinajstić information content (AvgIpc) is 2.74. The monoisotopic (exact) mass is 393 g/mol. The zero-order chi connectivity index (χ0) is 20.1. The minimum Gasteiger partial charge on any atom is -0.493 e. The lowest BCUT2D eigenvalue weighted by Gasteiger charge is -2.37. The first kappa shape index (κ1) is 19.3. The number of nitrogens with one attached hydrogen (secondary N) is 2. The number of hydrogen-bond donors (Lipinski definition) is 2. The molecule has 2 aliphatic rings. The lowest BCUT2D eigenvalue weighted by molar-refractivity contribution is 0.0548. The Balaban J connectivity index is 1.40. The average molecular weight is 393 g/mol. The molecule has 1 atom stereocenters. The standard InChI is InChI=1S/C23H27N3O3/c27-22-20-16-18(25-23(28)24-13-11-17-6-2-1-3-7-17)9-10-21(20)29-15-12-19-8-4-5-14-26(19)22/h1-3,6-7,9-10,16,19H,4-5,8,11-15H2,(H2,24,25,28). The van der Waals surface area contributed by atoms with Gasteiger partial charge in [0.1, 0.15) is 5.75 Å². The fourth-order valence-corrected chi connectivity index (χ4v) is 4.07. The SMILES string of the molecule is O=C(NCCc1ccccc1)Nc1ccc2c(c1)C(=O)N1CCCCC1CCO2. The molecule has 1 fully saturated rings. The summed E-state index contributed by atoms with van der Waals surface area (Å²) in [6.07, 6.45) is 4.87. The molecule has 0 saturated carbocycles. The fourth-order valence-electron chi connectivity index (χ4n) is 4.07. The molecule has 0 radical (unpaired) electrons. The van der Waals surface area contributed by atoms with Crippen molar-refractivity contribution in [2.24, 2.45) is 0 Å². The summed E-state index contributed by atoms with van der Waals surface area (Å²) in [5, 5.41) is 5.69. The van der Waals surface area contributed by atoms with E-state index in [4.69, 9.17) is 4.74 Å². The van der Waals surface area contributed by atoms with Crippen LogP contribution in [0.2, 0.25) is 0 Å². The van der Waals surface area contributed by atoms with Gasteiger partial charge in [0.05, 0.1) is 12.2 Å². The molecular weight excluding hydrogens is 366 g/mol. The molecule has 6 heteroatoms. The normalized spacial score (nSPS) is 18.6. The molecule has 0 aromatic heterocycles. The van der Waals surface area contributed by atoms with Gasteiger partial charge < -0.3 is 20.3 Å². The van der Waals surface area contributed by atoms with Crippen LogP contribution < -0.4 is 15.4 Å². The molecule has 4 rings (SSSR count). The van der Waals surface area contributed by atoms with E-state index in [1.165, 1.54) is 5.56 Å². The zero-order valence-corrected chi connectivity index (χ0v) is 16.5. The van der Waals surface area contributed by atoms with E-state index in [9.17, 15) is 9.59 Å². The Labute approximate surface area is 171 Å². The van der Waals surface area contributed by atoms with Crippen molar-refractivity contribution in [3.8, 4) is 5.75 Å². The van der Waals surface area contributed by atoms with E-state index in [0.29, 0.717) is 30.2 Å². The minimum absolute atomic E-state index is 0.00228. The van der Waals surface area contributed by atoms with Crippen molar-refractivity contribution in [3.05, 3.63) is 59.7 Å². The quantitative estimate of drug-likeness (QED) is 0.829. The van der Waals surface area contributed by atoms with E-state index in [1.54, 1.807) is 18.2 Å². The highest BCUT2D eigenvalue weighted by molar-refractivity contribution is 5.99. The van der Waals surface area contributed by atoms with Gasteiger partial charge in [0.2, 0.25) is 0 Å². The molecule has 1 unspecified atom stereocenters. The summed E-state index contributed by atoms with van der Waals surface area (Å²) in [7, 11) is 0. The van der Waals surface area contributed by atoms with Crippen molar-refractivity contribution in [3.63, 3.8) is 0 Å². The van der Waals surface area contributed by atoms with E-state index in [2.05, 4.69) is 10.6 Å². The zero-order valence-electron chi connectivity index (χ0n) is 16.5. The van der Waals surface area contributed by atoms with Crippen LogP contribution in [0.3, 0.4) is 0 Å². The van der Waals surface area contributed by atoms with Crippen LogP contribution >= 0.6 is 0 Å². The molecule has 2 N–H and O–H groups in total. The van der Waals surface area contributed by atoms with Crippen LogP contribution in [0.15, 0.2) is 48.5 Å². The van der Waals surface area contributed by atoms with Crippen molar-refractivity contribution < 1.29 is 14.3 Å². The second-order valence-electron chi connectivity index (χ2n) is 7.61. The second kappa shape index (κ2) is 8.99. The van der Waals surface area contributed by atoms with Gasteiger partial charge in [-0.2, -0.15) is 0 Å². The molecule has 2 heterocycles. The number of urea groups is 1. The third-order valence-corrected chi connectivity index (χ3v) is 5.61. The van der Waals surface area contributed by atoms with Crippen molar-refractivity contribution >= 4 is 17.6 Å². The number of carbonyl (C=O) groups excluding carboxylic acids is 2. The van der Waals surface area contributed by atoms with Gasteiger partial charge in [-0.1, -0.05) is 30.3 Å². The lowest BCUT2D eigenvalue weighted by Crippen LogP contribution is -2.45. The maximum Gasteiger partial charge on any atom is 0.319 e. The van der Waals surface area contributed by atoms with Crippen LogP contribution in [0, 0.1) is 0 Å². The number of piperidine rings is 1. The third-order valence-electron chi connectivity index (χ3n) is 5.61. The largest absolute Gasteiger partial charge is 0.493 e. The number of benzene rings is 2. The molecule has 0 bridgehead atoms. The molecule has 2 aromatic rings. The molecule has 2 aromatic carbocycles. The molecule has 6 nitrogen and oxygen atoms in total. The number of anilines is 1. The fraction of sp³-hybridized carbons (Fsp3) is 0.391. The molecule has 0 aliphatic carbocycles. The van der Waals surface area contributed by atoms with Crippen LogP contribution in [0.25, 0.3) is 0 Å². The van der Waals surface area contributed by atoms with Crippen LogP contribution in [0.1, 0.15) is 41.6 Å². The minimum atomic E-state index is -0.282. The first-order valence-electron chi connectivity index (χ1n) is 10.4. The van der Waals surface area contributed by atoms with E-state index >= 15 is 0 Å². The first-order valence-corrected chi connectivity index (χ1v) is 10.4. The van der Waals surface area contributed by atoms with Gasteiger partial charge in [-0.15, -0.1) is 0 Å². The van der Waals surface area contributed by atoms with Crippen molar-refractivity contribution in [2.45, 2.75) is 38.1 Å². The number of rotatable bonds is 4. The molecule has 3 amide bonds. The summed E-state index contributed by atoms with van der Waals surface area (Å²) in [6.45, 7) is 1.94. The number of hydrogen-bond acceptors (Lipinski definition) is 3. The Hall–Kier alpha value is -3.02. The third kappa shape index (κ3) is 4.70. The number of ether oxygens (including phenoxy) is 1. The van der Waals surface area contributed by atoms with Crippen molar-refractivity contribution in [1.29, 1.82) is 0 Å². The van der Waals surface area contributed by atoms with Crippen molar-refractivity contribution in [1.82, 2.24) is 10.2 Å². The predicted molar refractivity (Wildman–Crippen MR) is 112 cm³/mol. The molecule has 29 heavy (non-hydrogen) atoms. The van der Waals surface area contributed by atoms with E-state index in [-0.39, 0.29) is 18.0 Å².